The third-order valence-corrected chi connectivity index (χ3v) is 5.73. The number of esters is 1. The molecule has 9 heteroatoms. The molecule has 4 aromatic carbocycles. The van der Waals surface area contributed by atoms with Crippen molar-refractivity contribution in [2.45, 2.75) is 19.3 Å². The molecule has 0 saturated heterocycles. The van der Waals surface area contributed by atoms with Gasteiger partial charge in [0.05, 0.1) is 5.56 Å². The molecule has 38 heavy (non-hydrogen) atoms. The van der Waals surface area contributed by atoms with E-state index in [-0.39, 0.29) is 29.8 Å². The van der Waals surface area contributed by atoms with Crippen molar-refractivity contribution >= 4 is 11.8 Å². The van der Waals surface area contributed by atoms with Crippen LogP contribution in [-0.2, 0) is 12.8 Å². The van der Waals surface area contributed by atoms with E-state index in [1.54, 1.807) is 36.4 Å². The quantitative estimate of drug-likeness (QED) is 0.0803. The summed E-state index contributed by atoms with van der Waals surface area (Å²) in [5.74, 6) is -10.4. The molecule has 0 fully saturated rings. The smallest absolute Gasteiger partial charge is 0.343 e. The van der Waals surface area contributed by atoms with Crippen molar-refractivity contribution in [2.75, 3.05) is 0 Å². The number of rotatable bonds is 8. The van der Waals surface area contributed by atoms with Gasteiger partial charge >= 0.3 is 5.97 Å². The summed E-state index contributed by atoms with van der Waals surface area (Å²) in [5.41, 5.74) is 2.37. The lowest BCUT2D eigenvalue weighted by Gasteiger charge is -2.07. The van der Waals surface area contributed by atoms with Gasteiger partial charge in [-0.1, -0.05) is 36.4 Å². The van der Waals surface area contributed by atoms with E-state index in [1.165, 1.54) is 12.1 Å². The Morgan fingerprint density at radius 1 is 0.579 bits per heavy atom. The molecule has 0 atom stereocenters. The van der Waals surface area contributed by atoms with Crippen LogP contribution in [0.15, 0.2) is 72.8 Å². The van der Waals surface area contributed by atoms with Crippen molar-refractivity contribution in [3.8, 4) is 5.75 Å². The van der Waals surface area contributed by atoms with Crippen LogP contribution in [0.2, 0.25) is 0 Å². The molecule has 0 radical (unpaired) electrons. The lowest BCUT2D eigenvalue weighted by Crippen LogP contribution is -2.09. The number of Topliss-reactive ketones (excluding diaryl/α,β-unsaturated/α-hetero) is 1. The van der Waals surface area contributed by atoms with Gasteiger partial charge in [0.2, 0.25) is 0 Å². The first-order chi connectivity index (χ1) is 18.1. The van der Waals surface area contributed by atoms with Crippen LogP contribution in [0.4, 0.5) is 26.3 Å². The van der Waals surface area contributed by atoms with Crippen LogP contribution in [0.1, 0.15) is 43.8 Å². The van der Waals surface area contributed by atoms with Crippen molar-refractivity contribution in [3.63, 3.8) is 0 Å². The van der Waals surface area contributed by atoms with E-state index in [4.69, 9.17) is 4.74 Å². The van der Waals surface area contributed by atoms with Gasteiger partial charge in [0.1, 0.15) is 5.75 Å². The molecule has 0 unspecified atom stereocenters. The molecule has 0 bridgehead atoms. The second-order valence-electron chi connectivity index (χ2n) is 8.46. The van der Waals surface area contributed by atoms with Gasteiger partial charge < -0.3 is 4.74 Å². The molecule has 3 nitrogen and oxygen atoms in total. The van der Waals surface area contributed by atoms with Crippen molar-refractivity contribution in [2.24, 2.45) is 0 Å². The van der Waals surface area contributed by atoms with E-state index in [1.807, 2.05) is 0 Å². The predicted molar refractivity (Wildman–Crippen MR) is 126 cm³/mol. The maximum atomic E-state index is 13.3. The number of ether oxygens (including phenoxy) is 1. The van der Waals surface area contributed by atoms with E-state index in [0.717, 1.165) is 23.3 Å². The normalized spacial score (nSPS) is 10.9. The second kappa shape index (κ2) is 11.3. The van der Waals surface area contributed by atoms with Gasteiger partial charge in [-0.25, -0.2) is 31.1 Å². The van der Waals surface area contributed by atoms with Crippen LogP contribution in [0.5, 0.6) is 5.75 Å². The highest BCUT2D eigenvalue weighted by Crippen LogP contribution is 2.21. The Balaban J connectivity index is 1.33. The summed E-state index contributed by atoms with van der Waals surface area (Å²) in [6.07, 6.45) is 0.499. The summed E-state index contributed by atoms with van der Waals surface area (Å²) >= 11 is 0. The number of carbonyl (C=O) groups is 2. The van der Waals surface area contributed by atoms with E-state index < -0.39 is 46.6 Å². The molecule has 4 rings (SSSR count). The van der Waals surface area contributed by atoms with Gasteiger partial charge in [-0.3, -0.25) is 4.79 Å². The van der Waals surface area contributed by atoms with E-state index in [2.05, 4.69) is 0 Å². The lowest BCUT2D eigenvalue weighted by molar-refractivity contribution is 0.0733. The van der Waals surface area contributed by atoms with Crippen LogP contribution < -0.4 is 4.74 Å². The highest BCUT2D eigenvalue weighted by Gasteiger charge is 2.15. The zero-order valence-corrected chi connectivity index (χ0v) is 19.5. The van der Waals surface area contributed by atoms with Crippen molar-refractivity contribution in [3.05, 3.63) is 136 Å². The molecule has 0 spiro atoms. The molecule has 0 amide bonds. The summed E-state index contributed by atoms with van der Waals surface area (Å²) in [4.78, 5) is 24.7. The fraction of sp³-hybridized carbons (Fsp3) is 0.103. The van der Waals surface area contributed by atoms with E-state index in [9.17, 15) is 35.9 Å². The minimum absolute atomic E-state index is 0.0153. The number of ketones is 1. The number of carbonyl (C=O) groups excluding carboxylic acids is 2. The Labute approximate surface area is 213 Å². The summed E-state index contributed by atoms with van der Waals surface area (Å²) in [6, 6.07) is 15.8. The maximum Gasteiger partial charge on any atom is 0.343 e. The first-order valence-electron chi connectivity index (χ1n) is 11.3. The Kier molecular flexibility index (Phi) is 7.95. The lowest BCUT2D eigenvalue weighted by atomic mass is 9.99. The molecular formula is C29H18F6O3. The third kappa shape index (κ3) is 6.29. The monoisotopic (exact) mass is 528 g/mol. The Bertz CT molecular complexity index is 1450. The van der Waals surface area contributed by atoms with E-state index >= 15 is 0 Å². The first kappa shape index (κ1) is 26.7. The highest BCUT2D eigenvalue weighted by molar-refractivity contribution is 5.96. The van der Waals surface area contributed by atoms with Crippen LogP contribution in [0.3, 0.4) is 0 Å². The molecular weight excluding hydrogens is 510 g/mol. The topological polar surface area (TPSA) is 43.4 Å². The third-order valence-electron chi connectivity index (χ3n) is 5.73. The Hall–Kier alpha value is -4.40. The van der Waals surface area contributed by atoms with Gasteiger partial charge in [-0.15, -0.1) is 0 Å². The molecule has 0 aliphatic heterocycles. The number of benzene rings is 4. The van der Waals surface area contributed by atoms with Crippen molar-refractivity contribution in [1.29, 1.82) is 0 Å². The van der Waals surface area contributed by atoms with Crippen LogP contribution in [0, 0.1) is 34.9 Å². The average Bonchev–Trinajstić information content (AvgIpc) is 2.89. The summed E-state index contributed by atoms with van der Waals surface area (Å²) < 4.78 is 84.3. The van der Waals surface area contributed by atoms with Crippen LogP contribution in [0.25, 0.3) is 0 Å². The number of halogens is 6. The van der Waals surface area contributed by atoms with Crippen LogP contribution >= 0.6 is 0 Å². The molecule has 0 aliphatic rings. The van der Waals surface area contributed by atoms with Gasteiger partial charge in [-0.05, 0) is 53.8 Å². The Morgan fingerprint density at radius 3 is 1.53 bits per heavy atom. The standard InChI is InChI=1S/C29H18F6O3/c30-22-12-18(13-23(31)27(22)34)5-10-26(36)19-6-1-16(2-7-19)11-17-3-8-20(9-4-17)29(37)38-21-14-24(32)28(35)25(33)15-21/h1-4,6-9,12-15H,5,10-11H2. The van der Waals surface area contributed by atoms with E-state index in [0.29, 0.717) is 24.1 Å². The summed E-state index contributed by atoms with van der Waals surface area (Å²) in [5, 5.41) is 0. The molecule has 0 saturated carbocycles. The number of aryl methyl sites for hydroxylation is 1. The number of hydrogen-bond acceptors (Lipinski definition) is 3. The first-order valence-corrected chi connectivity index (χ1v) is 11.3. The highest BCUT2D eigenvalue weighted by atomic mass is 19.2. The molecule has 0 aromatic heterocycles. The predicted octanol–water partition coefficient (Wildman–Crippen LogP) is 7.15. The van der Waals surface area contributed by atoms with Gasteiger partial charge in [-0.2, -0.15) is 0 Å². The van der Waals surface area contributed by atoms with Crippen molar-refractivity contribution in [1.82, 2.24) is 0 Å². The average molecular weight is 528 g/mol. The van der Waals surface area contributed by atoms with Gasteiger partial charge in [0, 0.05) is 24.1 Å². The Morgan fingerprint density at radius 2 is 1.03 bits per heavy atom. The van der Waals surface area contributed by atoms with Crippen LogP contribution in [-0.4, -0.2) is 11.8 Å². The molecule has 0 N–H and O–H groups in total. The van der Waals surface area contributed by atoms with Gasteiger partial charge in [0.25, 0.3) is 0 Å². The van der Waals surface area contributed by atoms with Crippen molar-refractivity contribution < 1.29 is 40.7 Å². The summed E-state index contributed by atoms with van der Waals surface area (Å²) in [7, 11) is 0. The zero-order valence-electron chi connectivity index (χ0n) is 19.5. The largest absolute Gasteiger partial charge is 0.423 e. The molecule has 0 heterocycles. The summed E-state index contributed by atoms with van der Waals surface area (Å²) in [6.45, 7) is 0. The van der Waals surface area contributed by atoms with Gasteiger partial charge in [0.15, 0.2) is 40.7 Å². The molecule has 194 valence electrons. The SMILES string of the molecule is O=C(CCc1cc(F)c(F)c(F)c1)c1ccc(Cc2ccc(C(=O)Oc3cc(F)c(F)c(F)c3)cc2)cc1. The zero-order chi connectivity index (χ0) is 27.4. The maximum absolute atomic E-state index is 13.3. The number of hydrogen-bond donors (Lipinski definition) is 0. The second-order valence-corrected chi connectivity index (χ2v) is 8.46. The molecule has 4 aromatic rings. The molecule has 0 aliphatic carbocycles. The fourth-order valence-corrected chi connectivity index (χ4v) is 3.71. The minimum Gasteiger partial charge on any atom is -0.423 e. The fourth-order valence-electron chi connectivity index (χ4n) is 3.71. The minimum atomic E-state index is -1.66.